The van der Waals surface area contributed by atoms with E-state index in [1.807, 2.05) is 19.1 Å². The number of anilines is 1. The molecule has 1 fully saturated rings. The van der Waals surface area contributed by atoms with Gasteiger partial charge in [0, 0.05) is 36.5 Å². The molecule has 0 radical (unpaired) electrons. The zero-order valence-corrected chi connectivity index (χ0v) is 15.4. The predicted molar refractivity (Wildman–Crippen MR) is 101 cm³/mol. The van der Waals surface area contributed by atoms with E-state index in [1.54, 1.807) is 18.3 Å². The summed E-state index contributed by atoms with van der Waals surface area (Å²) in [5.74, 6) is 0.707. The molecule has 2 heterocycles. The second kappa shape index (κ2) is 7.64. The van der Waals surface area contributed by atoms with Crippen molar-refractivity contribution in [2.75, 3.05) is 24.5 Å². The van der Waals surface area contributed by atoms with Crippen LogP contribution in [0.25, 0.3) is 11.3 Å². The first-order valence-corrected chi connectivity index (χ1v) is 8.95. The Kier molecular flexibility index (Phi) is 5.51. The zero-order valence-electron chi connectivity index (χ0n) is 13.9. The standard InChI is InChI=1S/C17H19Cl2N5O/c1-2-21-17(23-25)7-9-24(10-8-17)14-11-20-15(16(19)22-14)12-3-5-13(18)6-4-12/h3-6,11,21H,2,7-10H2,1H3. The first-order valence-electron chi connectivity index (χ1n) is 8.20. The maximum Gasteiger partial charge on any atom is 0.157 e. The van der Waals surface area contributed by atoms with E-state index >= 15 is 0 Å². The van der Waals surface area contributed by atoms with Crippen molar-refractivity contribution in [3.05, 3.63) is 45.5 Å². The van der Waals surface area contributed by atoms with Gasteiger partial charge in [-0.05, 0) is 23.9 Å². The van der Waals surface area contributed by atoms with Crippen LogP contribution in [0.3, 0.4) is 0 Å². The number of nitrogens with zero attached hydrogens (tertiary/aromatic N) is 4. The largest absolute Gasteiger partial charge is 0.355 e. The number of rotatable bonds is 5. The lowest BCUT2D eigenvalue weighted by atomic mass is 9.97. The monoisotopic (exact) mass is 379 g/mol. The molecule has 1 N–H and O–H groups in total. The second-order valence-corrected chi connectivity index (χ2v) is 6.81. The number of nitrogens with one attached hydrogen (secondary N) is 1. The highest BCUT2D eigenvalue weighted by Crippen LogP contribution is 2.30. The van der Waals surface area contributed by atoms with Crippen molar-refractivity contribution >= 4 is 29.0 Å². The summed E-state index contributed by atoms with van der Waals surface area (Å²) in [5, 5.41) is 7.50. The molecule has 0 atom stereocenters. The molecule has 1 saturated heterocycles. The zero-order chi connectivity index (χ0) is 17.9. The van der Waals surface area contributed by atoms with Crippen LogP contribution >= 0.6 is 23.2 Å². The molecule has 0 amide bonds. The smallest absolute Gasteiger partial charge is 0.157 e. The van der Waals surface area contributed by atoms with Crippen LogP contribution in [-0.4, -0.2) is 35.3 Å². The highest BCUT2D eigenvalue weighted by atomic mass is 35.5. The van der Waals surface area contributed by atoms with Gasteiger partial charge in [-0.25, -0.2) is 9.97 Å². The third kappa shape index (κ3) is 3.92. The number of nitroso groups, excluding NO2 is 1. The van der Waals surface area contributed by atoms with Gasteiger partial charge in [-0.15, -0.1) is 4.91 Å². The van der Waals surface area contributed by atoms with E-state index in [1.165, 1.54) is 0 Å². The lowest BCUT2D eigenvalue weighted by Crippen LogP contribution is -2.52. The average Bonchev–Trinajstić information content (AvgIpc) is 2.63. The summed E-state index contributed by atoms with van der Waals surface area (Å²) in [7, 11) is 0. The normalized spacial score (nSPS) is 16.7. The molecule has 1 aromatic carbocycles. The minimum absolute atomic E-state index is 0.344. The van der Waals surface area contributed by atoms with Crippen molar-refractivity contribution in [3.8, 4) is 11.3 Å². The number of halogens is 2. The van der Waals surface area contributed by atoms with E-state index < -0.39 is 5.66 Å². The SMILES string of the molecule is CCNC1(N=O)CCN(c2cnc(-c3ccc(Cl)cc3)c(Cl)n2)CC1. The van der Waals surface area contributed by atoms with E-state index in [-0.39, 0.29) is 0 Å². The molecule has 3 rings (SSSR count). The van der Waals surface area contributed by atoms with E-state index in [0.29, 0.717) is 54.2 Å². The molecular weight excluding hydrogens is 361 g/mol. The Morgan fingerprint density at radius 3 is 2.48 bits per heavy atom. The van der Waals surface area contributed by atoms with Gasteiger partial charge in [-0.1, -0.05) is 42.3 Å². The van der Waals surface area contributed by atoms with Gasteiger partial charge in [-0.2, -0.15) is 0 Å². The number of hydrogen-bond donors (Lipinski definition) is 1. The van der Waals surface area contributed by atoms with Crippen LogP contribution in [-0.2, 0) is 0 Å². The van der Waals surface area contributed by atoms with Gasteiger partial charge in [0.2, 0.25) is 0 Å². The molecule has 1 aliphatic rings. The summed E-state index contributed by atoms with van der Waals surface area (Å²) >= 11 is 12.3. The van der Waals surface area contributed by atoms with Crippen molar-refractivity contribution in [2.24, 2.45) is 5.18 Å². The first-order chi connectivity index (χ1) is 12.1. The topological polar surface area (TPSA) is 70.5 Å². The molecule has 0 aliphatic carbocycles. The fourth-order valence-electron chi connectivity index (χ4n) is 3.05. The number of aromatic nitrogens is 2. The van der Waals surface area contributed by atoms with Crippen LogP contribution in [0.4, 0.5) is 5.82 Å². The van der Waals surface area contributed by atoms with Crippen molar-refractivity contribution in [1.29, 1.82) is 0 Å². The van der Waals surface area contributed by atoms with E-state index in [9.17, 15) is 4.91 Å². The van der Waals surface area contributed by atoms with Gasteiger partial charge in [0.25, 0.3) is 0 Å². The first kappa shape index (κ1) is 18.0. The predicted octanol–water partition coefficient (Wildman–Crippen LogP) is 4.12. The molecule has 2 aromatic rings. The lowest BCUT2D eigenvalue weighted by molar-refractivity contribution is 0.273. The minimum Gasteiger partial charge on any atom is -0.355 e. The Bertz CT molecular complexity index is 745. The number of hydrogen-bond acceptors (Lipinski definition) is 6. The van der Waals surface area contributed by atoms with Gasteiger partial charge >= 0.3 is 0 Å². The Morgan fingerprint density at radius 1 is 1.24 bits per heavy atom. The molecule has 6 nitrogen and oxygen atoms in total. The van der Waals surface area contributed by atoms with Gasteiger partial charge in [-0.3, -0.25) is 5.32 Å². The average molecular weight is 380 g/mol. The highest BCUT2D eigenvalue weighted by molar-refractivity contribution is 6.32. The molecule has 0 bridgehead atoms. The summed E-state index contributed by atoms with van der Waals surface area (Å²) < 4.78 is 0. The lowest BCUT2D eigenvalue weighted by Gasteiger charge is -2.37. The minimum atomic E-state index is -0.675. The summed E-state index contributed by atoms with van der Waals surface area (Å²) in [6.45, 7) is 4.03. The molecule has 25 heavy (non-hydrogen) atoms. The van der Waals surface area contributed by atoms with Crippen LogP contribution < -0.4 is 10.2 Å². The Morgan fingerprint density at radius 2 is 1.92 bits per heavy atom. The van der Waals surface area contributed by atoms with Crippen LogP contribution in [0.5, 0.6) is 0 Å². The van der Waals surface area contributed by atoms with Crippen LogP contribution in [0, 0.1) is 4.91 Å². The van der Waals surface area contributed by atoms with Crippen LogP contribution in [0.1, 0.15) is 19.8 Å². The fourth-order valence-corrected chi connectivity index (χ4v) is 3.42. The molecule has 0 spiro atoms. The molecule has 132 valence electrons. The van der Waals surface area contributed by atoms with E-state index in [0.717, 1.165) is 5.56 Å². The Hall–Kier alpha value is -1.76. The second-order valence-electron chi connectivity index (χ2n) is 6.01. The summed E-state index contributed by atoms with van der Waals surface area (Å²) in [4.78, 5) is 22.2. The maximum absolute atomic E-state index is 11.2. The van der Waals surface area contributed by atoms with Gasteiger partial charge in [0.15, 0.2) is 10.8 Å². The van der Waals surface area contributed by atoms with E-state index in [2.05, 4.69) is 25.4 Å². The van der Waals surface area contributed by atoms with Crippen LogP contribution in [0.2, 0.25) is 10.2 Å². The van der Waals surface area contributed by atoms with Crippen molar-refractivity contribution in [3.63, 3.8) is 0 Å². The third-order valence-corrected chi connectivity index (χ3v) is 4.95. The summed E-state index contributed by atoms with van der Waals surface area (Å²) in [6.07, 6.45) is 2.97. The summed E-state index contributed by atoms with van der Waals surface area (Å²) in [6, 6.07) is 7.30. The van der Waals surface area contributed by atoms with E-state index in [4.69, 9.17) is 23.2 Å². The quantitative estimate of drug-likeness (QED) is 0.790. The molecule has 1 aliphatic heterocycles. The van der Waals surface area contributed by atoms with Gasteiger partial charge < -0.3 is 4.90 Å². The third-order valence-electron chi connectivity index (χ3n) is 4.43. The highest BCUT2D eigenvalue weighted by Gasteiger charge is 2.35. The Labute approximate surface area is 156 Å². The van der Waals surface area contributed by atoms with Gasteiger partial charge in [0.1, 0.15) is 11.5 Å². The van der Waals surface area contributed by atoms with Gasteiger partial charge in [0.05, 0.1) is 6.20 Å². The summed E-state index contributed by atoms with van der Waals surface area (Å²) in [5.41, 5.74) is 0.810. The number of piperidine rings is 1. The van der Waals surface area contributed by atoms with Crippen molar-refractivity contribution in [1.82, 2.24) is 15.3 Å². The fraction of sp³-hybridized carbons (Fsp3) is 0.412. The maximum atomic E-state index is 11.2. The van der Waals surface area contributed by atoms with Crippen molar-refractivity contribution < 1.29 is 0 Å². The van der Waals surface area contributed by atoms with Crippen molar-refractivity contribution in [2.45, 2.75) is 25.4 Å². The molecule has 0 unspecified atom stereocenters. The molecule has 8 heteroatoms. The molecular formula is C17H19Cl2N5O. The Balaban J connectivity index is 1.75. The molecule has 1 aromatic heterocycles. The van der Waals surface area contributed by atoms with Crippen LogP contribution in [0.15, 0.2) is 35.6 Å². The number of benzene rings is 1. The molecule has 0 saturated carbocycles.